The molecular weight excluding hydrogens is 157 g/mol. The second-order valence-corrected chi connectivity index (χ2v) is 5.48. The quantitative estimate of drug-likeness (QED) is 0.595. The van der Waals surface area contributed by atoms with Crippen LogP contribution in [0.3, 0.4) is 0 Å². The third kappa shape index (κ3) is 3.31. The molecule has 1 rings (SSSR count). The highest BCUT2D eigenvalue weighted by Gasteiger charge is 2.24. The third-order valence-corrected chi connectivity index (χ3v) is 3.35. The van der Waals surface area contributed by atoms with Gasteiger partial charge in [-0.1, -0.05) is 18.4 Å². The molecule has 1 fully saturated rings. The highest BCUT2D eigenvalue weighted by Crippen LogP contribution is 2.24. The van der Waals surface area contributed by atoms with E-state index in [1.54, 1.807) is 0 Å². The molecule has 0 aromatic carbocycles. The van der Waals surface area contributed by atoms with E-state index in [-0.39, 0.29) is 0 Å². The van der Waals surface area contributed by atoms with E-state index in [1.807, 2.05) is 0 Å². The van der Waals surface area contributed by atoms with Crippen molar-refractivity contribution in [2.45, 2.75) is 13.8 Å². The molecule has 0 atom stereocenters. The molecule has 0 amide bonds. The predicted molar refractivity (Wildman–Crippen MR) is 48.6 cm³/mol. The van der Waals surface area contributed by atoms with Gasteiger partial charge in [0.05, 0.1) is 0 Å². The molecule has 1 aliphatic heterocycles. The van der Waals surface area contributed by atoms with E-state index in [0.29, 0.717) is 0 Å². The van der Waals surface area contributed by atoms with E-state index in [9.17, 15) is 4.57 Å². The van der Waals surface area contributed by atoms with Crippen molar-refractivity contribution in [1.82, 2.24) is 4.90 Å². The van der Waals surface area contributed by atoms with Crippen LogP contribution in [0.1, 0.15) is 13.8 Å². The lowest BCUT2D eigenvalue weighted by Gasteiger charge is -2.23. The van der Waals surface area contributed by atoms with Gasteiger partial charge < -0.3 is 0 Å². The predicted octanol–water partition coefficient (Wildman–Crippen LogP) is 1.79. The van der Waals surface area contributed by atoms with Gasteiger partial charge in [0, 0.05) is 19.6 Å². The molecule has 3 heteroatoms. The summed E-state index contributed by atoms with van der Waals surface area (Å²) >= 11 is 0. The Kier molecular flexibility index (Phi) is 3.47. The van der Waals surface area contributed by atoms with E-state index in [4.69, 9.17) is 0 Å². The first-order chi connectivity index (χ1) is 5.18. The number of hydrogen-bond donors (Lipinski definition) is 0. The van der Waals surface area contributed by atoms with Crippen LogP contribution in [0.2, 0.25) is 0 Å². The minimum Gasteiger partial charge on any atom is -0.295 e. The first-order valence-electron chi connectivity index (χ1n) is 4.33. The fraction of sp³-hybridized carbons (Fsp3) is 1.00. The van der Waals surface area contributed by atoms with Crippen molar-refractivity contribution in [2.75, 3.05) is 32.0 Å². The molecule has 2 nitrogen and oxygen atoms in total. The highest BCUT2D eigenvalue weighted by molar-refractivity contribution is 7.44. The van der Waals surface area contributed by atoms with E-state index >= 15 is 0 Å². The molecule has 1 heterocycles. The van der Waals surface area contributed by atoms with Crippen molar-refractivity contribution in [3.63, 3.8) is 0 Å². The van der Waals surface area contributed by atoms with Crippen LogP contribution in [0.25, 0.3) is 0 Å². The summed E-state index contributed by atoms with van der Waals surface area (Å²) in [7, 11) is -0.835. The van der Waals surface area contributed by atoms with Crippen molar-refractivity contribution in [1.29, 1.82) is 0 Å². The molecule has 64 valence electrons. The molecule has 0 N–H and O–H groups in total. The first-order valence-corrected chi connectivity index (χ1v) is 5.96. The number of hydrogen-bond acceptors (Lipinski definition) is 2. The molecule has 0 aromatic heterocycles. The third-order valence-electron chi connectivity index (χ3n) is 1.95. The molecule has 0 aliphatic carbocycles. The van der Waals surface area contributed by atoms with Crippen molar-refractivity contribution >= 4 is 7.80 Å². The summed E-state index contributed by atoms with van der Waals surface area (Å²) in [4.78, 5) is 2.42. The molecule has 0 saturated carbocycles. The zero-order valence-corrected chi connectivity index (χ0v) is 8.31. The molecule has 0 spiro atoms. The Morgan fingerprint density at radius 2 is 1.91 bits per heavy atom. The second-order valence-electron chi connectivity index (χ2n) is 3.62. The minimum absolute atomic E-state index is 0.742. The summed E-state index contributed by atoms with van der Waals surface area (Å²) < 4.78 is 11.0. The van der Waals surface area contributed by atoms with Gasteiger partial charge in [0.2, 0.25) is 0 Å². The van der Waals surface area contributed by atoms with Gasteiger partial charge in [-0.25, -0.2) is 0 Å². The van der Waals surface area contributed by atoms with E-state index < -0.39 is 7.80 Å². The SMILES string of the molecule is CC(C)CN1CC[P+](=O)CC1. The molecule has 11 heavy (non-hydrogen) atoms. The van der Waals surface area contributed by atoms with Crippen LogP contribution in [-0.2, 0) is 4.57 Å². The molecular formula is C8H17NOP+. The first kappa shape index (κ1) is 9.15. The average molecular weight is 174 g/mol. The smallest absolute Gasteiger partial charge is 0.295 e. The van der Waals surface area contributed by atoms with Gasteiger partial charge in [-0.15, -0.1) is 0 Å². The van der Waals surface area contributed by atoms with Crippen LogP contribution >= 0.6 is 7.80 Å². The lowest BCUT2D eigenvalue weighted by molar-refractivity contribution is 0.264. The Labute approximate surface area is 69.8 Å². The number of nitrogens with zero attached hydrogens (tertiary/aromatic N) is 1. The Morgan fingerprint density at radius 1 is 1.36 bits per heavy atom. The van der Waals surface area contributed by atoms with Gasteiger partial charge in [-0.3, -0.25) is 4.90 Å². The maximum absolute atomic E-state index is 11.0. The Balaban J connectivity index is 2.22. The zero-order chi connectivity index (χ0) is 8.27. The van der Waals surface area contributed by atoms with Crippen molar-refractivity contribution in [3.05, 3.63) is 0 Å². The zero-order valence-electron chi connectivity index (χ0n) is 7.42. The summed E-state index contributed by atoms with van der Waals surface area (Å²) in [6.07, 6.45) is 1.84. The normalized spacial score (nSPS) is 21.2. The summed E-state index contributed by atoms with van der Waals surface area (Å²) in [5, 5.41) is 0. The Morgan fingerprint density at radius 3 is 2.36 bits per heavy atom. The fourth-order valence-electron chi connectivity index (χ4n) is 1.43. The van der Waals surface area contributed by atoms with Gasteiger partial charge in [0.15, 0.2) is 12.3 Å². The van der Waals surface area contributed by atoms with Crippen LogP contribution in [-0.4, -0.2) is 36.9 Å². The minimum atomic E-state index is -0.835. The van der Waals surface area contributed by atoms with Gasteiger partial charge in [0.25, 0.3) is 0 Å². The van der Waals surface area contributed by atoms with Gasteiger partial charge in [-0.05, 0) is 5.92 Å². The van der Waals surface area contributed by atoms with Crippen molar-refractivity contribution in [3.8, 4) is 0 Å². The molecule has 1 aliphatic rings. The molecule has 0 bridgehead atoms. The molecule has 0 aromatic rings. The van der Waals surface area contributed by atoms with Gasteiger partial charge in [0.1, 0.15) is 0 Å². The lowest BCUT2D eigenvalue weighted by atomic mass is 10.2. The number of rotatable bonds is 2. The summed E-state index contributed by atoms with van der Waals surface area (Å²) in [6, 6.07) is 0. The molecule has 0 unspecified atom stereocenters. The topological polar surface area (TPSA) is 20.3 Å². The van der Waals surface area contributed by atoms with Crippen LogP contribution in [0.15, 0.2) is 0 Å². The summed E-state index contributed by atoms with van der Waals surface area (Å²) in [5.74, 6) is 0.742. The molecule has 1 saturated heterocycles. The molecule has 0 radical (unpaired) electrons. The van der Waals surface area contributed by atoms with E-state index in [1.165, 1.54) is 6.54 Å². The second kappa shape index (κ2) is 4.18. The van der Waals surface area contributed by atoms with Crippen molar-refractivity contribution < 1.29 is 4.57 Å². The summed E-state index contributed by atoms with van der Waals surface area (Å²) in [5.41, 5.74) is 0. The van der Waals surface area contributed by atoms with E-state index in [0.717, 1.165) is 31.3 Å². The standard InChI is InChI=1S/C8H17NOP/c1-8(2)7-9-3-5-11(10)6-4-9/h8H,3-7H2,1-2H3/q+1. The Hall–Kier alpha value is 0.0600. The summed E-state index contributed by atoms with van der Waals surface area (Å²) in [6.45, 7) is 7.73. The Bertz CT molecular complexity index is 137. The largest absolute Gasteiger partial charge is 0.341 e. The van der Waals surface area contributed by atoms with E-state index in [2.05, 4.69) is 18.7 Å². The lowest BCUT2D eigenvalue weighted by Crippen LogP contribution is -2.35. The average Bonchev–Trinajstić information content (AvgIpc) is 1.93. The van der Waals surface area contributed by atoms with Crippen LogP contribution in [0.4, 0.5) is 0 Å². The maximum Gasteiger partial charge on any atom is 0.341 e. The van der Waals surface area contributed by atoms with Crippen LogP contribution in [0, 0.1) is 5.92 Å². The van der Waals surface area contributed by atoms with Gasteiger partial charge >= 0.3 is 7.80 Å². The maximum atomic E-state index is 11.0. The fourth-order valence-corrected chi connectivity index (χ4v) is 2.66. The van der Waals surface area contributed by atoms with Gasteiger partial charge in [-0.2, -0.15) is 0 Å². The highest BCUT2D eigenvalue weighted by atomic mass is 31.1. The van der Waals surface area contributed by atoms with Crippen LogP contribution in [0.5, 0.6) is 0 Å². The van der Waals surface area contributed by atoms with Crippen LogP contribution < -0.4 is 0 Å². The monoisotopic (exact) mass is 174 g/mol. The van der Waals surface area contributed by atoms with Crippen molar-refractivity contribution in [2.24, 2.45) is 5.92 Å².